The smallest absolute Gasteiger partial charge is 0.250 e. The first kappa shape index (κ1) is 18.6. The van der Waals surface area contributed by atoms with Gasteiger partial charge in [0.25, 0.3) is 0 Å². The molecule has 0 bridgehead atoms. The van der Waals surface area contributed by atoms with Gasteiger partial charge in [-0.2, -0.15) is 0 Å². The van der Waals surface area contributed by atoms with E-state index in [1.54, 1.807) is 49.4 Å². The molecule has 0 aromatic heterocycles. The number of hydrogen-bond donors (Lipinski definition) is 2. The Labute approximate surface area is 146 Å². The molecule has 2 N–H and O–H groups in total. The molecular weight excluding hydrogens is 323 g/mol. The Morgan fingerprint density at radius 3 is 2.44 bits per heavy atom. The van der Waals surface area contributed by atoms with Crippen LogP contribution in [0.3, 0.4) is 0 Å². The number of anilines is 2. The molecule has 2 aromatic rings. The lowest BCUT2D eigenvalue weighted by Gasteiger charge is -2.13. The van der Waals surface area contributed by atoms with Gasteiger partial charge in [0, 0.05) is 24.4 Å². The second-order valence-corrected chi connectivity index (χ2v) is 5.75. The van der Waals surface area contributed by atoms with Gasteiger partial charge in [0.1, 0.15) is 12.4 Å². The second kappa shape index (κ2) is 8.94. The molecule has 2 aromatic carbocycles. The average Bonchev–Trinajstić information content (AvgIpc) is 2.57. The molecule has 0 aliphatic carbocycles. The number of nitrogens with one attached hydrogen (secondary N) is 2. The number of hydrogen-bond acceptors (Lipinski definition) is 3. The molecule has 1 atom stereocenters. The SMILES string of the molecule is COCC(=O)Nc1cccc(NC(=O)C(C)Cc2ccccc2F)c1. The number of carbonyl (C=O) groups excluding carboxylic acids is 2. The minimum atomic E-state index is -0.399. The van der Waals surface area contributed by atoms with E-state index in [1.807, 2.05) is 0 Å². The third-order valence-corrected chi connectivity index (χ3v) is 3.62. The Morgan fingerprint density at radius 2 is 1.76 bits per heavy atom. The largest absolute Gasteiger partial charge is 0.375 e. The van der Waals surface area contributed by atoms with E-state index in [2.05, 4.69) is 10.6 Å². The van der Waals surface area contributed by atoms with E-state index in [0.29, 0.717) is 23.4 Å². The van der Waals surface area contributed by atoms with Crippen LogP contribution in [-0.2, 0) is 20.7 Å². The van der Waals surface area contributed by atoms with Gasteiger partial charge in [-0.15, -0.1) is 0 Å². The van der Waals surface area contributed by atoms with Crippen LogP contribution in [0.4, 0.5) is 15.8 Å². The molecule has 25 heavy (non-hydrogen) atoms. The predicted octanol–water partition coefficient (Wildman–Crippen LogP) is 3.23. The lowest BCUT2D eigenvalue weighted by Crippen LogP contribution is -2.22. The Kier molecular flexibility index (Phi) is 6.65. The van der Waals surface area contributed by atoms with Crippen LogP contribution in [0.15, 0.2) is 48.5 Å². The molecule has 0 spiro atoms. The van der Waals surface area contributed by atoms with Gasteiger partial charge in [-0.3, -0.25) is 9.59 Å². The number of benzene rings is 2. The molecule has 0 saturated heterocycles. The first-order valence-corrected chi connectivity index (χ1v) is 7.92. The van der Waals surface area contributed by atoms with E-state index in [-0.39, 0.29) is 24.2 Å². The molecule has 0 aliphatic heterocycles. The fourth-order valence-corrected chi connectivity index (χ4v) is 2.35. The predicted molar refractivity (Wildman–Crippen MR) is 94.8 cm³/mol. The normalized spacial score (nSPS) is 11.6. The number of rotatable bonds is 7. The highest BCUT2D eigenvalue weighted by Crippen LogP contribution is 2.18. The van der Waals surface area contributed by atoms with Gasteiger partial charge in [-0.25, -0.2) is 4.39 Å². The highest BCUT2D eigenvalue weighted by Gasteiger charge is 2.16. The summed E-state index contributed by atoms with van der Waals surface area (Å²) in [5.74, 6) is -1.21. The summed E-state index contributed by atoms with van der Waals surface area (Å²) in [7, 11) is 1.44. The summed E-state index contributed by atoms with van der Waals surface area (Å²) in [6.45, 7) is 1.70. The molecule has 0 aliphatic rings. The summed E-state index contributed by atoms with van der Waals surface area (Å²) in [6, 6.07) is 13.2. The molecule has 0 heterocycles. The fraction of sp³-hybridized carbons (Fsp3) is 0.263. The molecule has 1 unspecified atom stereocenters. The monoisotopic (exact) mass is 344 g/mol. The third-order valence-electron chi connectivity index (χ3n) is 3.62. The van der Waals surface area contributed by atoms with Crippen LogP contribution in [0.25, 0.3) is 0 Å². The summed E-state index contributed by atoms with van der Waals surface area (Å²) in [4.78, 5) is 23.9. The van der Waals surface area contributed by atoms with Crippen LogP contribution in [0.2, 0.25) is 0 Å². The van der Waals surface area contributed by atoms with Crippen molar-refractivity contribution >= 4 is 23.2 Å². The maximum Gasteiger partial charge on any atom is 0.250 e. The lowest BCUT2D eigenvalue weighted by atomic mass is 10.00. The van der Waals surface area contributed by atoms with Gasteiger partial charge in [0.2, 0.25) is 11.8 Å². The Bertz CT molecular complexity index is 749. The van der Waals surface area contributed by atoms with Crippen molar-refractivity contribution in [2.24, 2.45) is 5.92 Å². The molecule has 5 nitrogen and oxygen atoms in total. The zero-order chi connectivity index (χ0) is 18.2. The van der Waals surface area contributed by atoms with Crippen molar-refractivity contribution in [2.75, 3.05) is 24.4 Å². The molecule has 6 heteroatoms. The van der Waals surface area contributed by atoms with Crippen LogP contribution in [0.5, 0.6) is 0 Å². The summed E-state index contributed by atoms with van der Waals surface area (Å²) < 4.78 is 18.5. The van der Waals surface area contributed by atoms with E-state index >= 15 is 0 Å². The van der Waals surface area contributed by atoms with Crippen molar-refractivity contribution in [1.29, 1.82) is 0 Å². The zero-order valence-electron chi connectivity index (χ0n) is 14.2. The second-order valence-electron chi connectivity index (χ2n) is 5.75. The maximum atomic E-state index is 13.7. The summed E-state index contributed by atoms with van der Waals surface area (Å²) in [5.41, 5.74) is 1.62. The van der Waals surface area contributed by atoms with E-state index in [1.165, 1.54) is 13.2 Å². The van der Waals surface area contributed by atoms with E-state index < -0.39 is 5.92 Å². The minimum Gasteiger partial charge on any atom is -0.375 e. The van der Waals surface area contributed by atoms with Crippen LogP contribution < -0.4 is 10.6 Å². The van der Waals surface area contributed by atoms with Crippen molar-refractivity contribution in [3.63, 3.8) is 0 Å². The van der Waals surface area contributed by atoms with Gasteiger partial charge in [-0.05, 0) is 36.2 Å². The van der Waals surface area contributed by atoms with Crippen molar-refractivity contribution in [3.05, 3.63) is 59.9 Å². The van der Waals surface area contributed by atoms with Gasteiger partial charge in [0.15, 0.2) is 0 Å². The van der Waals surface area contributed by atoms with Crippen LogP contribution >= 0.6 is 0 Å². The Balaban J connectivity index is 1.97. The highest BCUT2D eigenvalue weighted by molar-refractivity contribution is 5.95. The summed E-state index contributed by atoms with van der Waals surface area (Å²) in [6.07, 6.45) is 0.308. The standard InChI is InChI=1S/C19H21FN2O3/c1-13(10-14-6-3-4-9-17(14)20)19(24)22-16-8-5-7-15(11-16)21-18(23)12-25-2/h3-9,11,13H,10,12H2,1-2H3,(H,21,23)(H,22,24). The molecule has 132 valence electrons. The molecular formula is C19H21FN2O3. The molecule has 0 radical (unpaired) electrons. The van der Waals surface area contributed by atoms with E-state index in [0.717, 1.165) is 0 Å². The molecule has 0 saturated carbocycles. The van der Waals surface area contributed by atoms with Crippen molar-refractivity contribution in [1.82, 2.24) is 0 Å². The maximum absolute atomic E-state index is 13.7. The number of carbonyl (C=O) groups is 2. The number of ether oxygens (including phenoxy) is 1. The van der Waals surface area contributed by atoms with Crippen LogP contribution in [0.1, 0.15) is 12.5 Å². The summed E-state index contributed by atoms with van der Waals surface area (Å²) in [5, 5.41) is 5.45. The summed E-state index contributed by atoms with van der Waals surface area (Å²) >= 11 is 0. The number of halogens is 1. The fourth-order valence-electron chi connectivity index (χ4n) is 2.35. The molecule has 2 rings (SSSR count). The Hall–Kier alpha value is -2.73. The Morgan fingerprint density at radius 1 is 1.08 bits per heavy atom. The minimum absolute atomic E-state index is 0.0454. The van der Waals surface area contributed by atoms with Crippen molar-refractivity contribution in [2.45, 2.75) is 13.3 Å². The zero-order valence-corrected chi connectivity index (χ0v) is 14.2. The van der Waals surface area contributed by atoms with Gasteiger partial charge in [-0.1, -0.05) is 31.2 Å². The first-order valence-electron chi connectivity index (χ1n) is 7.92. The van der Waals surface area contributed by atoms with Crippen LogP contribution in [0, 0.1) is 11.7 Å². The van der Waals surface area contributed by atoms with Gasteiger partial charge in [0.05, 0.1) is 0 Å². The van der Waals surface area contributed by atoms with Crippen molar-refractivity contribution < 1.29 is 18.7 Å². The first-order chi connectivity index (χ1) is 12.0. The quantitative estimate of drug-likeness (QED) is 0.810. The number of methoxy groups -OCH3 is 1. The van der Waals surface area contributed by atoms with E-state index in [9.17, 15) is 14.0 Å². The van der Waals surface area contributed by atoms with Crippen LogP contribution in [-0.4, -0.2) is 25.5 Å². The third kappa shape index (κ3) is 5.69. The van der Waals surface area contributed by atoms with Gasteiger partial charge < -0.3 is 15.4 Å². The lowest BCUT2D eigenvalue weighted by molar-refractivity contribution is -0.120. The van der Waals surface area contributed by atoms with Crippen molar-refractivity contribution in [3.8, 4) is 0 Å². The van der Waals surface area contributed by atoms with Gasteiger partial charge >= 0.3 is 0 Å². The molecule has 2 amide bonds. The molecule has 0 fully saturated rings. The topological polar surface area (TPSA) is 67.4 Å². The van der Waals surface area contributed by atoms with E-state index in [4.69, 9.17) is 4.74 Å². The number of amides is 2. The average molecular weight is 344 g/mol. The highest BCUT2D eigenvalue weighted by atomic mass is 19.1.